The van der Waals surface area contributed by atoms with Crippen LogP contribution >= 0.6 is 27.3 Å². The summed E-state index contributed by atoms with van der Waals surface area (Å²) < 4.78 is 16.8. The van der Waals surface area contributed by atoms with E-state index in [1.54, 1.807) is 10.6 Å². The molecule has 11 heteroatoms. The van der Waals surface area contributed by atoms with E-state index in [-0.39, 0.29) is 29.7 Å². The molecule has 28 heavy (non-hydrogen) atoms. The molecule has 0 bridgehead atoms. The monoisotopic (exact) mass is 464 g/mol. The van der Waals surface area contributed by atoms with Gasteiger partial charge in [0.25, 0.3) is 5.56 Å². The van der Waals surface area contributed by atoms with E-state index in [0.717, 1.165) is 11.2 Å². The standard InChI is InChI=1S/C17H14BrFN6O2S/c1-8(2)16-22-15-14(28-16)17(27)25-13(5-10(18)23-25)24(15)7-12(26)21-11-4-3-9(19)6-20-11/h3-6,8H,7H2,1-2H3,(H,20,21,26). The number of anilines is 1. The first-order chi connectivity index (χ1) is 13.3. The van der Waals surface area contributed by atoms with Gasteiger partial charge in [-0.15, -0.1) is 11.3 Å². The number of fused-ring (bicyclic) bond motifs is 2. The summed E-state index contributed by atoms with van der Waals surface area (Å²) in [6.45, 7) is 3.86. The van der Waals surface area contributed by atoms with Gasteiger partial charge in [-0.3, -0.25) is 14.2 Å². The highest BCUT2D eigenvalue weighted by Gasteiger charge is 2.20. The molecule has 4 rings (SSSR count). The fourth-order valence-electron chi connectivity index (χ4n) is 2.72. The predicted octanol–water partition coefficient (Wildman–Crippen LogP) is 3.16. The predicted molar refractivity (Wildman–Crippen MR) is 107 cm³/mol. The second-order valence-electron chi connectivity index (χ2n) is 6.40. The molecule has 0 aliphatic heterocycles. The van der Waals surface area contributed by atoms with Crippen LogP contribution in [0, 0.1) is 5.82 Å². The second kappa shape index (κ2) is 7.06. The van der Waals surface area contributed by atoms with E-state index in [0.29, 0.717) is 20.6 Å². The van der Waals surface area contributed by atoms with Crippen LogP contribution in [0.4, 0.5) is 10.2 Å². The molecule has 1 N–H and O–H groups in total. The lowest BCUT2D eigenvalue weighted by Crippen LogP contribution is -2.24. The van der Waals surface area contributed by atoms with Gasteiger partial charge in [0.1, 0.15) is 33.1 Å². The normalized spacial score (nSPS) is 11.6. The third-order valence-corrected chi connectivity index (χ3v) is 5.72. The number of amides is 1. The van der Waals surface area contributed by atoms with E-state index >= 15 is 0 Å². The van der Waals surface area contributed by atoms with Crippen LogP contribution in [0.15, 0.2) is 33.8 Å². The number of hydrogen-bond acceptors (Lipinski definition) is 6. The van der Waals surface area contributed by atoms with Crippen LogP contribution < -0.4 is 10.9 Å². The molecule has 1 amide bonds. The van der Waals surface area contributed by atoms with E-state index in [4.69, 9.17) is 0 Å². The molecule has 0 saturated carbocycles. The molecule has 4 aromatic heterocycles. The first-order valence-corrected chi connectivity index (χ1v) is 9.94. The molecule has 0 spiro atoms. The topological polar surface area (TPSA) is 94.2 Å². The highest BCUT2D eigenvalue weighted by Crippen LogP contribution is 2.26. The Balaban J connectivity index is 1.81. The van der Waals surface area contributed by atoms with Gasteiger partial charge in [-0.25, -0.2) is 14.4 Å². The van der Waals surface area contributed by atoms with Crippen molar-refractivity contribution in [1.82, 2.24) is 24.1 Å². The third-order valence-electron chi connectivity index (χ3n) is 4.00. The van der Waals surface area contributed by atoms with E-state index in [1.165, 1.54) is 28.0 Å². The third kappa shape index (κ3) is 3.31. The molecule has 0 unspecified atom stereocenters. The van der Waals surface area contributed by atoms with Crippen molar-refractivity contribution in [3.8, 4) is 0 Å². The molecular formula is C17H14BrFN6O2S. The minimum atomic E-state index is -0.491. The average Bonchev–Trinajstić information content (AvgIpc) is 3.25. The summed E-state index contributed by atoms with van der Waals surface area (Å²) in [5, 5.41) is 7.59. The van der Waals surface area contributed by atoms with E-state index < -0.39 is 5.82 Å². The lowest BCUT2D eigenvalue weighted by molar-refractivity contribution is -0.116. The van der Waals surface area contributed by atoms with Crippen molar-refractivity contribution in [2.45, 2.75) is 26.3 Å². The van der Waals surface area contributed by atoms with Crippen molar-refractivity contribution in [1.29, 1.82) is 0 Å². The Morgan fingerprint density at radius 3 is 2.86 bits per heavy atom. The number of nitrogens with one attached hydrogen (secondary N) is 1. The lowest BCUT2D eigenvalue weighted by atomic mass is 10.2. The number of halogens is 2. The fraction of sp³-hybridized carbons (Fsp3) is 0.235. The maximum atomic E-state index is 13.0. The number of carbonyl (C=O) groups excluding carboxylic acids is 1. The number of nitrogens with zero attached hydrogens (tertiary/aromatic N) is 5. The molecule has 0 aliphatic rings. The highest BCUT2D eigenvalue weighted by molar-refractivity contribution is 9.10. The van der Waals surface area contributed by atoms with Crippen LogP contribution in [0.5, 0.6) is 0 Å². The Bertz CT molecular complexity index is 1260. The number of pyridine rings is 1. The second-order valence-corrected chi connectivity index (χ2v) is 8.24. The van der Waals surface area contributed by atoms with Crippen LogP contribution in [-0.4, -0.2) is 30.1 Å². The molecule has 8 nitrogen and oxygen atoms in total. The molecule has 0 aliphatic carbocycles. The Morgan fingerprint density at radius 2 is 2.18 bits per heavy atom. The van der Waals surface area contributed by atoms with E-state index in [2.05, 4.69) is 36.3 Å². The van der Waals surface area contributed by atoms with Crippen LogP contribution in [0.2, 0.25) is 0 Å². The van der Waals surface area contributed by atoms with Crippen molar-refractivity contribution in [3.05, 3.63) is 50.2 Å². The van der Waals surface area contributed by atoms with Gasteiger partial charge in [0.2, 0.25) is 5.91 Å². The van der Waals surface area contributed by atoms with Gasteiger partial charge in [0.15, 0.2) is 5.65 Å². The molecular weight excluding hydrogens is 451 g/mol. The van der Waals surface area contributed by atoms with E-state index in [1.807, 2.05) is 13.8 Å². The van der Waals surface area contributed by atoms with Crippen molar-refractivity contribution in [3.63, 3.8) is 0 Å². The Kier molecular flexibility index (Phi) is 4.71. The SMILES string of the molecule is CC(C)c1nc2c(s1)c(=O)n1nc(Br)cc1n2CC(=O)Nc1ccc(F)cn1. The maximum absolute atomic E-state index is 13.0. The zero-order valence-electron chi connectivity index (χ0n) is 14.8. The Morgan fingerprint density at radius 1 is 1.39 bits per heavy atom. The molecule has 0 radical (unpaired) electrons. The highest BCUT2D eigenvalue weighted by atomic mass is 79.9. The summed E-state index contributed by atoms with van der Waals surface area (Å²) in [7, 11) is 0. The van der Waals surface area contributed by atoms with Crippen LogP contribution in [0.25, 0.3) is 16.0 Å². The zero-order valence-corrected chi connectivity index (χ0v) is 17.2. The Labute approximate surface area is 170 Å². The van der Waals surface area contributed by atoms with Gasteiger partial charge in [-0.1, -0.05) is 13.8 Å². The average molecular weight is 465 g/mol. The van der Waals surface area contributed by atoms with Crippen molar-refractivity contribution in [2.75, 3.05) is 5.32 Å². The largest absolute Gasteiger partial charge is 0.309 e. The Hall–Kier alpha value is -2.66. The van der Waals surface area contributed by atoms with Gasteiger partial charge < -0.3 is 5.32 Å². The quantitative estimate of drug-likeness (QED) is 0.500. The van der Waals surface area contributed by atoms with Gasteiger partial charge in [-0.2, -0.15) is 9.61 Å². The minimum Gasteiger partial charge on any atom is -0.309 e. The van der Waals surface area contributed by atoms with Crippen molar-refractivity contribution in [2.24, 2.45) is 0 Å². The van der Waals surface area contributed by atoms with Gasteiger partial charge >= 0.3 is 0 Å². The summed E-state index contributed by atoms with van der Waals surface area (Å²) in [6.07, 6.45) is 1.02. The zero-order chi connectivity index (χ0) is 20.0. The lowest BCUT2D eigenvalue weighted by Gasteiger charge is -2.10. The number of thiazole rings is 1. The van der Waals surface area contributed by atoms with Crippen molar-refractivity contribution >= 4 is 55.0 Å². The molecule has 0 atom stereocenters. The van der Waals surface area contributed by atoms with Crippen molar-refractivity contribution < 1.29 is 9.18 Å². The maximum Gasteiger partial charge on any atom is 0.294 e. The fourth-order valence-corrected chi connectivity index (χ4v) is 4.08. The van der Waals surface area contributed by atoms with Gasteiger partial charge in [-0.05, 0) is 28.1 Å². The molecule has 0 saturated heterocycles. The van der Waals surface area contributed by atoms with Gasteiger partial charge in [0, 0.05) is 12.0 Å². The van der Waals surface area contributed by atoms with Crippen LogP contribution in [0.3, 0.4) is 0 Å². The molecule has 4 aromatic rings. The van der Waals surface area contributed by atoms with Crippen LogP contribution in [-0.2, 0) is 11.3 Å². The first kappa shape index (κ1) is 18.7. The summed E-state index contributed by atoms with van der Waals surface area (Å²) in [5.41, 5.74) is 0.588. The summed E-state index contributed by atoms with van der Waals surface area (Å²) >= 11 is 4.57. The summed E-state index contributed by atoms with van der Waals surface area (Å²) in [6, 6.07) is 4.24. The molecule has 0 fully saturated rings. The number of aromatic nitrogens is 5. The number of hydrogen-bond donors (Lipinski definition) is 1. The minimum absolute atomic E-state index is 0.112. The first-order valence-electron chi connectivity index (χ1n) is 8.33. The number of carbonyl (C=O) groups is 1. The smallest absolute Gasteiger partial charge is 0.294 e. The van der Waals surface area contributed by atoms with Crippen LogP contribution in [0.1, 0.15) is 24.8 Å². The molecule has 144 valence electrons. The van der Waals surface area contributed by atoms with Gasteiger partial charge in [0.05, 0.1) is 11.2 Å². The molecule has 0 aromatic carbocycles. The molecule has 4 heterocycles. The number of rotatable bonds is 4. The van der Waals surface area contributed by atoms with E-state index in [9.17, 15) is 14.0 Å². The summed E-state index contributed by atoms with van der Waals surface area (Å²) in [5.74, 6) is -0.505. The summed E-state index contributed by atoms with van der Waals surface area (Å²) in [4.78, 5) is 33.8.